The molecule has 0 saturated carbocycles. The second-order valence-electron chi connectivity index (χ2n) is 5.44. The van der Waals surface area contributed by atoms with Crippen molar-refractivity contribution in [2.45, 2.75) is 27.3 Å². The van der Waals surface area contributed by atoms with Crippen LogP contribution in [0, 0.1) is 19.7 Å². The highest BCUT2D eigenvalue weighted by molar-refractivity contribution is 7.17. The Morgan fingerprint density at radius 3 is 2.61 bits per heavy atom. The van der Waals surface area contributed by atoms with Crippen LogP contribution >= 0.6 is 11.3 Å². The molecule has 0 aliphatic carbocycles. The van der Waals surface area contributed by atoms with Crippen LogP contribution in [0.2, 0.25) is 0 Å². The average Bonchev–Trinajstić information content (AvgIpc) is 2.81. The van der Waals surface area contributed by atoms with Gasteiger partial charge < -0.3 is 4.90 Å². The summed E-state index contributed by atoms with van der Waals surface area (Å²) in [6.45, 7) is 7.20. The van der Waals surface area contributed by atoms with Gasteiger partial charge in [-0.25, -0.2) is 9.37 Å². The number of anilines is 1. The molecule has 23 heavy (non-hydrogen) atoms. The lowest BCUT2D eigenvalue weighted by molar-refractivity contribution is 0.627. The minimum Gasteiger partial charge on any atom is -0.366 e. The van der Waals surface area contributed by atoms with Crippen LogP contribution in [-0.4, -0.2) is 15.9 Å². The number of aromatic nitrogens is 2. The van der Waals surface area contributed by atoms with Gasteiger partial charge in [-0.1, -0.05) is 0 Å². The van der Waals surface area contributed by atoms with Crippen molar-refractivity contribution >= 4 is 22.0 Å². The molecule has 3 aromatic rings. The molecule has 0 N–H and O–H groups in total. The van der Waals surface area contributed by atoms with E-state index in [-0.39, 0.29) is 11.4 Å². The van der Waals surface area contributed by atoms with Crippen molar-refractivity contribution in [1.29, 1.82) is 0 Å². The van der Waals surface area contributed by atoms with Crippen molar-refractivity contribution in [2.75, 3.05) is 11.4 Å². The topological polar surface area (TPSA) is 37.6 Å². The summed E-state index contributed by atoms with van der Waals surface area (Å²) >= 11 is 1.52. The van der Waals surface area contributed by atoms with Crippen LogP contribution in [0.1, 0.15) is 23.2 Å². The van der Waals surface area contributed by atoms with E-state index in [1.165, 1.54) is 23.5 Å². The Morgan fingerprint density at radius 2 is 1.96 bits per heavy atom. The minimum atomic E-state index is -0.257. The normalized spacial score (nSPS) is 11.1. The van der Waals surface area contributed by atoms with Gasteiger partial charge >= 0.3 is 0 Å². The molecule has 0 fully saturated rings. The molecule has 2 heterocycles. The lowest BCUT2D eigenvalue weighted by Gasteiger charge is -2.22. The third-order valence-corrected chi connectivity index (χ3v) is 5.01. The Hall–Kier alpha value is -2.21. The monoisotopic (exact) mass is 331 g/mol. The van der Waals surface area contributed by atoms with Crippen molar-refractivity contribution in [3.63, 3.8) is 0 Å². The van der Waals surface area contributed by atoms with Gasteiger partial charge in [0.1, 0.15) is 5.82 Å². The summed E-state index contributed by atoms with van der Waals surface area (Å²) in [5.74, 6) is -0.257. The largest absolute Gasteiger partial charge is 0.366 e. The van der Waals surface area contributed by atoms with Crippen molar-refractivity contribution < 1.29 is 4.39 Å². The van der Waals surface area contributed by atoms with Gasteiger partial charge in [-0.2, -0.15) is 0 Å². The zero-order valence-corrected chi connectivity index (χ0v) is 14.2. The fourth-order valence-corrected chi connectivity index (χ4v) is 3.56. The maximum atomic E-state index is 13.1. The molecule has 0 saturated heterocycles. The Labute approximate surface area is 137 Å². The Kier molecular flexibility index (Phi) is 4.17. The van der Waals surface area contributed by atoms with Crippen LogP contribution in [0.4, 0.5) is 10.1 Å². The van der Waals surface area contributed by atoms with Crippen LogP contribution in [0.15, 0.2) is 35.1 Å². The summed E-state index contributed by atoms with van der Waals surface area (Å²) in [6, 6.07) is 7.94. The van der Waals surface area contributed by atoms with Crippen LogP contribution in [0.3, 0.4) is 0 Å². The lowest BCUT2D eigenvalue weighted by Crippen LogP contribution is -2.24. The maximum absolute atomic E-state index is 13.1. The van der Waals surface area contributed by atoms with Crippen molar-refractivity contribution in [1.82, 2.24) is 9.38 Å². The van der Waals surface area contributed by atoms with Gasteiger partial charge in [0.05, 0.1) is 12.2 Å². The third kappa shape index (κ3) is 2.99. The second kappa shape index (κ2) is 6.12. The van der Waals surface area contributed by atoms with Gasteiger partial charge in [0, 0.05) is 28.9 Å². The molecule has 0 spiro atoms. The van der Waals surface area contributed by atoms with Gasteiger partial charge in [0.15, 0.2) is 4.96 Å². The predicted octanol–water partition coefficient (Wildman–Crippen LogP) is 3.54. The number of nitrogens with zero attached hydrogens (tertiary/aromatic N) is 3. The number of aryl methyl sites for hydroxylation is 2. The fourth-order valence-electron chi connectivity index (χ4n) is 2.57. The van der Waals surface area contributed by atoms with E-state index >= 15 is 0 Å². The Bertz CT molecular complexity index is 899. The molecule has 0 amide bonds. The van der Waals surface area contributed by atoms with E-state index in [4.69, 9.17) is 0 Å². The van der Waals surface area contributed by atoms with E-state index in [0.717, 1.165) is 33.5 Å². The quantitative estimate of drug-likeness (QED) is 0.734. The van der Waals surface area contributed by atoms with E-state index in [2.05, 4.69) is 9.88 Å². The molecule has 120 valence electrons. The van der Waals surface area contributed by atoms with E-state index < -0.39 is 0 Å². The Balaban J connectivity index is 1.96. The molecule has 0 atom stereocenters. The van der Waals surface area contributed by atoms with Gasteiger partial charge in [-0.3, -0.25) is 9.20 Å². The first-order valence-corrected chi connectivity index (χ1v) is 8.30. The van der Waals surface area contributed by atoms with Crippen LogP contribution in [0.25, 0.3) is 4.96 Å². The summed E-state index contributed by atoms with van der Waals surface area (Å²) in [6.07, 6.45) is 0. The molecule has 1 aromatic carbocycles. The SMILES string of the molecule is CCN(Cc1cc(=O)n2c(C)c(C)sc2n1)c1ccc(F)cc1. The first kappa shape index (κ1) is 15.7. The van der Waals surface area contributed by atoms with Gasteiger partial charge in [-0.15, -0.1) is 11.3 Å². The Morgan fingerprint density at radius 1 is 1.26 bits per heavy atom. The molecule has 6 heteroatoms. The van der Waals surface area contributed by atoms with Gasteiger partial charge in [0.2, 0.25) is 0 Å². The van der Waals surface area contributed by atoms with Crippen molar-refractivity contribution in [3.05, 3.63) is 62.8 Å². The predicted molar refractivity (Wildman–Crippen MR) is 91.9 cm³/mol. The van der Waals surface area contributed by atoms with Crippen LogP contribution in [-0.2, 0) is 6.54 Å². The molecule has 0 radical (unpaired) electrons. The van der Waals surface area contributed by atoms with E-state index in [0.29, 0.717) is 6.54 Å². The molecule has 0 bridgehead atoms. The third-order valence-electron chi connectivity index (χ3n) is 3.96. The molecule has 4 nitrogen and oxygen atoms in total. The smallest absolute Gasteiger partial charge is 0.259 e. The number of thiazole rings is 1. The molecule has 0 unspecified atom stereocenters. The maximum Gasteiger partial charge on any atom is 0.259 e. The molecular weight excluding hydrogens is 313 g/mol. The number of hydrogen-bond acceptors (Lipinski definition) is 4. The average molecular weight is 331 g/mol. The van der Waals surface area contributed by atoms with Crippen LogP contribution < -0.4 is 10.5 Å². The number of hydrogen-bond donors (Lipinski definition) is 0. The number of fused-ring (bicyclic) bond motifs is 1. The summed E-state index contributed by atoms with van der Waals surface area (Å²) in [4.78, 5) is 20.8. The first-order chi connectivity index (χ1) is 11.0. The molecule has 3 rings (SSSR count). The highest BCUT2D eigenvalue weighted by Gasteiger charge is 2.12. The first-order valence-electron chi connectivity index (χ1n) is 7.48. The minimum absolute atomic E-state index is 0.0537. The fraction of sp³-hybridized carbons (Fsp3) is 0.294. The summed E-state index contributed by atoms with van der Waals surface area (Å²) in [5.41, 5.74) is 2.53. The van der Waals surface area contributed by atoms with Gasteiger partial charge in [-0.05, 0) is 45.0 Å². The standard InChI is InChI=1S/C17H18FN3OS/c1-4-20(15-7-5-13(18)6-8-15)10-14-9-16(22)21-11(2)12(3)23-17(21)19-14/h5-9H,4,10H2,1-3H3. The van der Waals surface area contributed by atoms with Crippen LogP contribution in [0.5, 0.6) is 0 Å². The van der Waals surface area contributed by atoms with E-state index in [9.17, 15) is 9.18 Å². The molecule has 2 aromatic heterocycles. The summed E-state index contributed by atoms with van der Waals surface area (Å²) in [5, 5.41) is 0. The van der Waals surface area contributed by atoms with E-state index in [1.54, 1.807) is 22.6 Å². The number of halogens is 1. The summed E-state index contributed by atoms with van der Waals surface area (Å²) < 4.78 is 14.7. The molecular formula is C17H18FN3OS. The van der Waals surface area contributed by atoms with Crippen molar-refractivity contribution in [3.8, 4) is 0 Å². The number of benzene rings is 1. The van der Waals surface area contributed by atoms with E-state index in [1.807, 2.05) is 20.8 Å². The zero-order chi connectivity index (χ0) is 16.6. The highest BCUT2D eigenvalue weighted by atomic mass is 32.1. The highest BCUT2D eigenvalue weighted by Crippen LogP contribution is 2.20. The second-order valence-corrected chi connectivity index (χ2v) is 6.62. The summed E-state index contributed by atoms with van der Waals surface area (Å²) in [7, 11) is 0. The zero-order valence-electron chi connectivity index (χ0n) is 13.3. The van der Waals surface area contributed by atoms with Crippen molar-refractivity contribution in [2.24, 2.45) is 0 Å². The molecule has 0 aliphatic rings. The lowest BCUT2D eigenvalue weighted by atomic mass is 10.2. The van der Waals surface area contributed by atoms with Gasteiger partial charge in [0.25, 0.3) is 5.56 Å². The molecule has 0 aliphatic heterocycles. The number of rotatable bonds is 4.